The second-order valence-corrected chi connectivity index (χ2v) is 10.6. The minimum absolute atomic E-state index is 0.105. The van der Waals surface area contributed by atoms with Crippen LogP contribution < -0.4 is 10.6 Å². The van der Waals surface area contributed by atoms with Crippen molar-refractivity contribution >= 4 is 23.6 Å². The van der Waals surface area contributed by atoms with Gasteiger partial charge < -0.3 is 19.8 Å². The van der Waals surface area contributed by atoms with Gasteiger partial charge in [0, 0.05) is 31.7 Å². The van der Waals surface area contributed by atoms with Crippen LogP contribution in [0.2, 0.25) is 0 Å². The molecule has 0 bridgehead atoms. The number of aromatic nitrogens is 2. The first kappa shape index (κ1) is 26.2. The molecule has 1 fully saturated rings. The monoisotopic (exact) mass is 505 g/mol. The Morgan fingerprint density at radius 3 is 2.59 bits per heavy atom. The van der Waals surface area contributed by atoms with E-state index in [0.29, 0.717) is 19.5 Å². The largest absolute Gasteiger partial charge is 0.444 e. The van der Waals surface area contributed by atoms with Crippen molar-refractivity contribution in [1.82, 2.24) is 24.9 Å². The molecule has 37 heavy (non-hydrogen) atoms. The van der Waals surface area contributed by atoms with E-state index in [1.165, 1.54) is 4.90 Å². The van der Waals surface area contributed by atoms with Crippen LogP contribution in [0.1, 0.15) is 45.2 Å². The fourth-order valence-corrected chi connectivity index (χ4v) is 4.58. The molecule has 0 spiro atoms. The normalized spacial score (nSPS) is 18.4. The van der Waals surface area contributed by atoms with E-state index in [-0.39, 0.29) is 17.7 Å². The van der Waals surface area contributed by atoms with Crippen LogP contribution in [0.3, 0.4) is 0 Å². The maximum Gasteiger partial charge on any atom is 0.410 e. The zero-order valence-electron chi connectivity index (χ0n) is 21.8. The average Bonchev–Trinajstić information content (AvgIpc) is 3.49. The SMILES string of the molecule is C[C@H](NC(=O)[C@H]1C[C@H](Cc2ccccc2)CN1C(=O)OC(C)(C)C)C(=O)NCc1ccc2nccn2c1. The van der Waals surface area contributed by atoms with E-state index >= 15 is 0 Å². The summed E-state index contributed by atoms with van der Waals surface area (Å²) in [6.45, 7) is 7.77. The molecule has 3 heterocycles. The summed E-state index contributed by atoms with van der Waals surface area (Å²) in [5.41, 5.74) is 2.21. The minimum atomic E-state index is -0.766. The standard InChI is InChI=1S/C28H35N5O4/c1-19(25(34)30-16-21-10-11-24-29-12-13-32(24)17-21)31-26(35)23-15-22(14-20-8-6-5-7-9-20)18-33(23)27(36)37-28(2,3)4/h5-13,17,19,22-23H,14-16,18H2,1-4H3,(H,30,34)(H,31,35)/t19-,22-,23+/m0/s1. The van der Waals surface area contributed by atoms with Crippen LogP contribution in [0, 0.1) is 5.92 Å². The third-order valence-corrected chi connectivity index (χ3v) is 6.35. The number of hydrogen-bond donors (Lipinski definition) is 2. The lowest BCUT2D eigenvalue weighted by Gasteiger charge is -2.28. The van der Waals surface area contributed by atoms with Gasteiger partial charge in [-0.25, -0.2) is 9.78 Å². The molecule has 0 radical (unpaired) electrons. The predicted molar refractivity (Wildman–Crippen MR) is 140 cm³/mol. The highest BCUT2D eigenvalue weighted by Gasteiger charge is 2.42. The first-order valence-electron chi connectivity index (χ1n) is 12.6. The molecule has 3 amide bonds. The molecule has 1 aliphatic rings. The van der Waals surface area contributed by atoms with Crippen LogP contribution >= 0.6 is 0 Å². The quantitative estimate of drug-likeness (QED) is 0.513. The first-order chi connectivity index (χ1) is 17.6. The van der Waals surface area contributed by atoms with Crippen molar-refractivity contribution < 1.29 is 19.1 Å². The maximum absolute atomic E-state index is 13.3. The molecule has 9 nitrogen and oxygen atoms in total. The van der Waals surface area contributed by atoms with E-state index in [0.717, 1.165) is 23.2 Å². The molecule has 1 saturated heterocycles. The topological polar surface area (TPSA) is 105 Å². The van der Waals surface area contributed by atoms with E-state index in [1.807, 2.05) is 59.3 Å². The van der Waals surface area contributed by atoms with E-state index < -0.39 is 23.8 Å². The number of rotatable bonds is 7. The second kappa shape index (κ2) is 11.0. The zero-order valence-corrected chi connectivity index (χ0v) is 21.8. The number of hydrogen-bond acceptors (Lipinski definition) is 5. The molecule has 2 N–H and O–H groups in total. The van der Waals surface area contributed by atoms with Crippen molar-refractivity contribution in [3.8, 4) is 0 Å². The predicted octanol–water partition coefficient (Wildman–Crippen LogP) is 3.32. The van der Waals surface area contributed by atoms with Crippen LogP contribution in [-0.2, 0) is 27.3 Å². The van der Waals surface area contributed by atoms with Crippen molar-refractivity contribution in [2.24, 2.45) is 5.92 Å². The highest BCUT2D eigenvalue weighted by atomic mass is 16.6. The summed E-state index contributed by atoms with van der Waals surface area (Å²) in [7, 11) is 0. The van der Waals surface area contributed by atoms with Gasteiger partial charge in [0.25, 0.3) is 0 Å². The summed E-state index contributed by atoms with van der Waals surface area (Å²) < 4.78 is 7.47. The van der Waals surface area contributed by atoms with Crippen molar-refractivity contribution in [2.45, 2.75) is 64.8 Å². The molecule has 2 aromatic heterocycles. The molecule has 0 aliphatic carbocycles. The summed E-state index contributed by atoms with van der Waals surface area (Å²) in [6, 6.07) is 12.3. The summed E-state index contributed by atoms with van der Waals surface area (Å²) in [5, 5.41) is 5.67. The zero-order chi connectivity index (χ0) is 26.6. The molecule has 196 valence electrons. The van der Waals surface area contributed by atoms with E-state index in [2.05, 4.69) is 15.6 Å². The number of fused-ring (bicyclic) bond motifs is 1. The summed E-state index contributed by atoms with van der Waals surface area (Å²) in [5.74, 6) is -0.557. The highest BCUT2D eigenvalue weighted by Crippen LogP contribution is 2.28. The molecule has 9 heteroatoms. The van der Waals surface area contributed by atoms with E-state index in [1.54, 1.807) is 33.9 Å². The van der Waals surface area contributed by atoms with Crippen LogP contribution in [0.4, 0.5) is 4.79 Å². The lowest BCUT2D eigenvalue weighted by Crippen LogP contribution is -2.52. The molecule has 3 atom stereocenters. The third kappa shape index (κ3) is 6.87. The van der Waals surface area contributed by atoms with Gasteiger partial charge in [0.1, 0.15) is 23.3 Å². The molecule has 1 aromatic carbocycles. The lowest BCUT2D eigenvalue weighted by molar-refractivity contribution is -0.131. The molecule has 1 aliphatic heterocycles. The molecule has 4 rings (SSSR count). The molecular formula is C28H35N5O4. The van der Waals surface area contributed by atoms with Gasteiger partial charge in [-0.1, -0.05) is 36.4 Å². The van der Waals surface area contributed by atoms with Gasteiger partial charge in [-0.3, -0.25) is 14.5 Å². The summed E-state index contributed by atoms with van der Waals surface area (Å²) in [4.78, 5) is 44.7. The first-order valence-corrected chi connectivity index (χ1v) is 12.6. The Hall–Kier alpha value is -3.88. The van der Waals surface area contributed by atoms with Crippen LogP contribution in [0.5, 0.6) is 0 Å². The number of carbonyl (C=O) groups excluding carboxylic acids is 3. The Labute approximate surface area is 217 Å². The van der Waals surface area contributed by atoms with Gasteiger partial charge in [0.05, 0.1) is 0 Å². The van der Waals surface area contributed by atoms with Crippen molar-refractivity contribution in [1.29, 1.82) is 0 Å². The Morgan fingerprint density at radius 2 is 1.86 bits per heavy atom. The molecule has 0 unspecified atom stereocenters. The number of imidazole rings is 1. The number of ether oxygens (including phenoxy) is 1. The van der Waals surface area contributed by atoms with E-state index in [9.17, 15) is 14.4 Å². The van der Waals surface area contributed by atoms with E-state index in [4.69, 9.17) is 4.74 Å². The Morgan fingerprint density at radius 1 is 1.11 bits per heavy atom. The van der Waals surface area contributed by atoms with Crippen molar-refractivity contribution in [3.05, 3.63) is 72.2 Å². The van der Waals surface area contributed by atoms with Gasteiger partial charge in [0.2, 0.25) is 11.8 Å². The van der Waals surface area contributed by atoms with Gasteiger partial charge in [0.15, 0.2) is 0 Å². The maximum atomic E-state index is 13.3. The summed E-state index contributed by atoms with van der Waals surface area (Å²) in [6.07, 6.45) is 6.18. The van der Waals surface area contributed by atoms with Crippen LogP contribution in [0.15, 0.2) is 61.1 Å². The van der Waals surface area contributed by atoms with Crippen molar-refractivity contribution in [2.75, 3.05) is 6.54 Å². The number of nitrogens with one attached hydrogen (secondary N) is 2. The number of amides is 3. The van der Waals surface area contributed by atoms with Crippen LogP contribution in [0.25, 0.3) is 5.65 Å². The molecular weight excluding hydrogens is 470 g/mol. The van der Waals surface area contributed by atoms with Crippen molar-refractivity contribution in [3.63, 3.8) is 0 Å². The second-order valence-electron chi connectivity index (χ2n) is 10.6. The van der Waals surface area contributed by atoms with Gasteiger partial charge in [-0.05, 0) is 63.6 Å². The van der Waals surface area contributed by atoms with Gasteiger partial charge in [-0.15, -0.1) is 0 Å². The Balaban J connectivity index is 1.37. The lowest BCUT2D eigenvalue weighted by atomic mass is 9.96. The number of pyridine rings is 1. The van der Waals surface area contributed by atoms with Gasteiger partial charge in [-0.2, -0.15) is 0 Å². The third-order valence-electron chi connectivity index (χ3n) is 6.35. The number of benzene rings is 1. The minimum Gasteiger partial charge on any atom is -0.444 e. The fraction of sp³-hybridized carbons (Fsp3) is 0.429. The number of likely N-dealkylation sites (tertiary alicyclic amines) is 1. The molecule has 0 saturated carbocycles. The fourth-order valence-electron chi connectivity index (χ4n) is 4.58. The number of nitrogens with zero attached hydrogens (tertiary/aromatic N) is 3. The average molecular weight is 506 g/mol. The highest BCUT2D eigenvalue weighted by molar-refractivity contribution is 5.91. The van der Waals surface area contributed by atoms with Crippen LogP contribution in [-0.4, -0.2) is 56.4 Å². The number of carbonyl (C=O) groups is 3. The molecule has 3 aromatic rings. The smallest absolute Gasteiger partial charge is 0.410 e. The van der Waals surface area contributed by atoms with Gasteiger partial charge >= 0.3 is 6.09 Å². The Kier molecular flexibility index (Phi) is 7.80. The summed E-state index contributed by atoms with van der Waals surface area (Å²) >= 11 is 0. The Bertz CT molecular complexity index is 1250.